The third-order valence-corrected chi connectivity index (χ3v) is 7.01. The number of hydrogen-bond acceptors (Lipinski definition) is 5. The van der Waals surface area contributed by atoms with Crippen LogP contribution in [0.5, 0.6) is 5.75 Å². The maximum Gasteiger partial charge on any atom is 0.242 e. The van der Waals surface area contributed by atoms with E-state index in [4.69, 9.17) is 16.3 Å². The van der Waals surface area contributed by atoms with Crippen molar-refractivity contribution >= 4 is 39.1 Å². The van der Waals surface area contributed by atoms with Crippen molar-refractivity contribution in [1.82, 2.24) is 10.2 Å². The van der Waals surface area contributed by atoms with E-state index < -0.39 is 16.1 Å². The predicted octanol–water partition coefficient (Wildman–Crippen LogP) is 3.76. The molecular weight excluding hydrogens is 490 g/mol. The summed E-state index contributed by atoms with van der Waals surface area (Å²) in [6.45, 7) is 6.08. The minimum Gasteiger partial charge on any atom is -0.497 e. The summed E-state index contributed by atoms with van der Waals surface area (Å²) < 4.78 is 31.5. The number of anilines is 1. The molecule has 0 aliphatic carbocycles. The second kappa shape index (κ2) is 12.8. The maximum atomic E-state index is 13.3. The normalized spacial score (nSPS) is 12.1. The molecule has 2 aromatic carbocycles. The van der Waals surface area contributed by atoms with Crippen molar-refractivity contribution in [1.29, 1.82) is 0 Å². The Morgan fingerprint density at radius 1 is 1.17 bits per heavy atom. The Kier molecular flexibility index (Phi) is 10.4. The Hall–Kier alpha value is -2.78. The smallest absolute Gasteiger partial charge is 0.242 e. The molecule has 1 atom stereocenters. The number of halogens is 1. The first kappa shape index (κ1) is 28.5. The number of nitrogens with zero attached hydrogens (tertiary/aromatic N) is 2. The number of nitrogens with one attached hydrogen (secondary N) is 1. The quantitative estimate of drug-likeness (QED) is 0.457. The van der Waals surface area contributed by atoms with Crippen molar-refractivity contribution < 1.29 is 22.7 Å². The van der Waals surface area contributed by atoms with Crippen LogP contribution in [0.25, 0.3) is 0 Å². The molecule has 0 saturated heterocycles. The molecule has 10 heteroatoms. The SMILES string of the molecule is CCNC(=O)[C@H](C)N(Cc1cccc(OC)c1)C(=O)CCCN(c1cc(Cl)ccc1C)S(C)(=O)=O. The van der Waals surface area contributed by atoms with Crippen LogP contribution in [0.15, 0.2) is 42.5 Å². The van der Waals surface area contributed by atoms with E-state index in [9.17, 15) is 18.0 Å². The molecule has 1 N–H and O–H groups in total. The van der Waals surface area contributed by atoms with Crippen LogP contribution in [0, 0.1) is 6.92 Å². The molecule has 0 heterocycles. The van der Waals surface area contributed by atoms with Gasteiger partial charge in [-0.1, -0.05) is 29.8 Å². The second-order valence-corrected chi connectivity index (χ2v) is 10.7. The molecule has 192 valence electrons. The predicted molar refractivity (Wildman–Crippen MR) is 139 cm³/mol. The Labute approximate surface area is 213 Å². The van der Waals surface area contributed by atoms with Gasteiger partial charge in [0.1, 0.15) is 11.8 Å². The second-order valence-electron chi connectivity index (χ2n) is 8.31. The standard InChI is InChI=1S/C25H34ClN3O5S/c1-6-27-25(31)19(3)28(17-20-9-7-10-22(15-20)34-4)24(30)11-8-14-29(35(5,32)33)23-16-21(26)13-12-18(23)2/h7,9-10,12-13,15-16,19H,6,8,11,14,17H2,1-5H3,(H,27,31)/t19-/m0/s1. The molecule has 8 nitrogen and oxygen atoms in total. The number of aryl methyl sites for hydroxylation is 1. The van der Waals surface area contributed by atoms with Gasteiger partial charge in [0.05, 0.1) is 19.1 Å². The molecule has 0 bridgehead atoms. The van der Waals surface area contributed by atoms with Crippen molar-refractivity contribution in [3.05, 3.63) is 58.6 Å². The van der Waals surface area contributed by atoms with Crippen LogP contribution in [0.3, 0.4) is 0 Å². The minimum atomic E-state index is -3.60. The Bertz CT molecular complexity index is 1140. The largest absolute Gasteiger partial charge is 0.497 e. The van der Waals surface area contributed by atoms with Gasteiger partial charge >= 0.3 is 0 Å². The summed E-state index contributed by atoms with van der Waals surface area (Å²) >= 11 is 6.10. The van der Waals surface area contributed by atoms with Crippen molar-refractivity contribution in [3.8, 4) is 5.75 Å². The molecule has 0 radical (unpaired) electrons. The number of carbonyl (C=O) groups excluding carboxylic acids is 2. The molecule has 0 aliphatic heterocycles. The first-order valence-electron chi connectivity index (χ1n) is 11.4. The number of likely N-dealkylation sites (N-methyl/N-ethyl adjacent to an activating group) is 1. The Morgan fingerprint density at radius 2 is 1.89 bits per heavy atom. The van der Waals surface area contributed by atoms with E-state index in [1.807, 2.05) is 25.1 Å². The number of hydrogen-bond donors (Lipinski definition) is 1. The van der Waals surface area contributed by atoms with Crippen LogP contribution in [-0.2, 0) is 26.2 Å². The van der Waals surface area contributed by atoms with Gasteiger partial charge in [-0.3, -0.25) is 13.9 Å². The van der Waals surface area contributed by atoms with Crippen molar-refractivity contribution in [2.45, 2.75) is 46.2 Å². The van der Waals surface area contributed by atoms with Crippen LogP contribution >= 0.6 is 11.6 Å². The average Bonchev–Trinajstić information content (AvgIpc) is 2.81. The molecule has 2 rings (SSSR count). The highest BCUT2D eigenvalue weighted by atomic mass is 35.5. The zero-order chi connectivity index (χ0) is 26.2. The van der Waals surface area contributed by atoms with E-state index >= 15 is 0 Å². The maximum absolute atomic E-state index is 13.3. The molecule has 0 aromatic heterocycles. The summed E-state index contributed by atoms with van der Waals surface area (Å²) in [6, 6.07) is 11.7. The molecule has 0 fully saturated rings. The van der Waals surface area contributed by atoms with Crippen LogP contribution in [0.4, 0.5) is 5.69 Å². The van der Waals surface area contributed by atoms with Crippen molar-refractivity contribution in [2.24, 2.45) is 0 Å². The highest BCUT2D eigenvalue weighted by Crippen LogP contribution is 2.27. The van der Waals surface area contributed by atoms with Crippen LogP contribution in [0.1, 0.15) is 37.8 Å². The monoisotopic (exact) mass is 523 g/mol. The lowest BCUT2D eigenvalue weighted by Gasteiger charge is -2.29. The van der Waals surface area contributed by atoms with Crippen molar-refractivity contribution in [3.63, 3.8) is 0 Å². The molecule has 0 spiro atoms. The topological polar surface area (TPSA) is 96.0 Å². The lowest BCUT2D eigenvalue weighted by molar-refractivity contribution is -0.140. The lowest BCUT2D eigenvalue weighted by atomic mass is 10.1. The summed E-state index contributed by atoms with van der Waals surface area (Å²) in [6.07, 6.45) is 1.47. The summed E-state index contributed by atoms with van der Waals surface area (Å²) in [5.74, 6) is 0.153. The average molecular weight is 524 g/mol. The lowest BCUT2D eigenvalue weighted by Crippen LogP contribution is -2.47. The third kappa shape index (κ3) is 8.14. The van der Waals surface area contributed by atoms with Crippen LogP contribution in [-0.4, -0.2) is 57.6 Å². The summed E-state index contributed by atoms with van der Waals surface area (Å²) in [5.41, 5.74) is 2.06. The zero-order valence-corrected chi connectivity index (χ0v) is 22.4. The van der Waals surface area contributed by atoms with E-state index in [2.05, 4.69) is 5.32 Å². The third-order valence-electron chi connectivity index (χ3n) is 5.60. The highest BCUT2D eigenvalue weighted by Gasteiger charge is 2.26. The molecule has 2 aromatic rings. The Balaban J connectivity index is 2.21. The fourth-order valence-corrected chi connectivity index (χ4v) is 4.89. The molecule has 0 unspecified atom stereocenters. The van der Waals surface area contributed by atoms with E-state index in [0.29, 0.717) is 23.0 Å². The summed E-state index contributed by atoms with van der Waals surface area (Å²) in [5, 5.41) is 3.19. The number of benzene rings is 2. The van der Waals surface area contributed by atoms with Gasteiger partial charge in [0.15, 0.2) is 0 Å². The van der Waals surface area contributed by atoms with Gasteiger partial charge in [-0.25, -0.2) is 8.42 Å². The van der Waals surface area contributed by atoms with Gasteiger partial charge in [0, 0.05) is 31.1 Å². The van der Waals surface area contributed by atoms with Crippen LogP contribution in [0.2, 0.25) is 5.02 Å². The molecule has 0 aliphatic rings. The zero-order valence-electron chi connectivity index (χ0n) is 20.9. The van der Waals surface area contributed by atoms with Gasteiger partial charge < -0.3 is 15.0 Å². The molecule has 35 heavy (non-hydrogen) atoms. The first-order chi connectivity index (χ1) is 16.5. The Morgan fingerprint density at radius 3 is 2.51 bits per heavy atom. The van der Waals surface area contributed by atoms with E-state index in [0.717, 1.165) is 17.4 Å². The summed E-state index contributed by atoms with van der Waals surface area (Å²) in [7, 11) is -2.03. The minimum absolute atomic E-state index is 0.0688. The number of sulfonamides is 1. The van der Waals surface area contributed by atoms with Gasteiger partial charge in [-0.2, -0.15) is 0 Å². The first-order valence-corrected chi connectivity index (χ1v) is 13.6. The van der Waals surface area contributed by atoms with Gasteiger partial charge in [0.25, 0.3) is 0 Å². The summed E-state index contributed by atoms with van der Waals surface area (Å²) in [4.78, 5) is 27.3. The highest BCUT2D eigenvalue weighted by molar-refractivity contribution is 7.92. The van der Waals surface area contributed by atoms with Gasteiger partial charge in [-0.05, 0) is 62.6 Å². The number of carbonyl (C=O) groups is 2. The van der Waals surface area contributed by atoms with Crippen molar-refractivity contribution in [2.75, 3.05) is 30.8 Å². The number of ether oxygens (including phenoxy) is 1. The van der Waals surface area contributed by atoms with Gasteiger partial charge in [-0.15, -0.1) is 0 Å². The fraction of sp³-hybridized carbons (Fsp3) is 0.440. The van der Waals surface area contributed by atoms with Gasteiger partial charge in [0.2, 0.25) is 21.8 Å². The number of methoxy groups -OCH3 is 1. The molecule has 0 saturated carbocycles. The molecule has 2 amide bonds. The number of amides is 2. The molecular formula is C25H34ClN3O5S. The fourth-order valence-electron chi connectivity index (χ4n) is 3.71. The van der Waals surface area contributed by atoms with E-state index in [1.165, 1.54) is 9.21 Å². The number of rotatable bonds is 12. The van der Waals surface area contributed by atoms with Crippen LogP contribution < -0.4 is 14.4 Å². The van der Waals surface area contributed by atoms with E-state index in [1.54, 1.807) is 45.2 Å². The van der Waals surface area contributed by atoms with E-state index in [-0.39, 0.29) is 37.7 Å².